The van der Waals surface area contributed by atoms with Gasteiger partial charge in [0.25, 0.3) is 0 Å². The minimum absolute atomic E-state index is 0.168. The molecule has 3 aliphatic rings. The molecule has 2 heterocycles. The van der Waals surface area contributed by atoms with Crippen LogP contribution < -0.4 is 15.0 Å². The first kappa shape index (κ1) is 26.1. The summed E-state index contributed by atoms with van der Waals surface area (Å²) in [5, 5.41) is 9.80. The number of hydrazone groups is 1. The van der Waals surface area contributed by atoms with E-state index in [1.165, 1.54) is 24.3 Å². The zero-order valence-electron chi connectivity index (χ0n) is 23.4. The van der Waals surface area contributed by atoms with Gasteiger partial charge in [0.15, 0.2) is 0 Å². The lowest BCUT2D eigenvalue weighted by Crippen LogP contribution is -2.34. The number of carbonyl (C=O) groups is 1. The van der Waals surface area contributed by atoms with Gasteiger partial charge in [0.2, 0.25) is 0 Å². The molecular formula is C33H37N5O2. The Balaban J connectivity index is 1.39. The van der Waals surface area contributed by atoms with Gasteiger partial charge < -0.3 is 10.1 Å². The molecule has 7 nitrogen and oxygen atoms in total. The third kappa shape index (κ3) is 5.46. The molecule has 0 saturated heterocycles. The van der Waals surface area contributed by atoms with E-state index < -0.39 is 0 Å². The molecule has 1 aliphatic carbocycles. The molecular weight excluding hydrogens is 498 g/mol. The second kappa shape index (κ2) is 11.5. The number of benzene rings is 3. The molecule has 0 atom stereocenters. The average molecular weight is 536 g/mol. The van der Waals surface area contributed by atoms with Crippen LogP contribution in [-0.4, -0.2) is 42.7 Å². The first-order chi connectivity index (χ1) is 19.6. The fraction of sp³-hybridized carbons (Fsp3) is 0.364. The second-order valence-electron chi connectivity index (χ2n) is 11.0. The van der Waals surface area contributed by atoms with Crippen LogP contribution in [0.4, 0.5) is 16.2 Å². The van der Waals surface area contributed by atoms with E-state index in [2.05, 4.69) is 46.7 Å². The summed E-state index contributed by atoms with van der Waals surface area (Å²) in [6.07, 6.45) is 6.56. The van der Waals surface area contributed by atoms with Crippen LogP contribution in [0.5, 0.6) is 5.75 Å². The minimum atomic E-state index is -0.168. The van der Waals surface area contributed by atoms with Gasteiger partial charge in [0.1, 0.15) is 18.2 Å². The molecule has 0 radical (unpaired) electrons. The van der Waals surface area contributed by atoms with E-state index in [9.17, 15) is 4.79 Å². The van der Waals surface area contributed by atoms with E-state index in [0.29, 0.717) is 12.5 Å². The number of fused-ring (bicyclic) bond motifs is 1. The number of urea groups is 1. The highest BCUT2D eigenvalue weighted by atomic mass is 16.5. The summed E-state index contributed by atoms with van der Waals surface area (Å²) in [4.78, 5) is 20.2. The van der Waals surface area contributed by atoms with Crippen LogP contribution in [0.1, 0.15) is 54.4 Å². The van der Waals surface area contributed by atoms with Gasteiger partial charge in [0.05, 0.1) is 23.6 Å². The summed E-state index contributed by atoms with van der Waals surface area (Å²) < 4.78 is 6.35. The van der Waals surface area contributed by atoms with Gasteiger partial charge in [-0.15, -0.1) is 0 Å². The molecule has 0 unspecified atom stereocenters. The van der Waals surface area contributed by atoms with Crippen molar-refractivity contribution in [3.63, 3.8) is 0 Å². The maximum atomic E-state index is 13.9. The van der Waals surface area contributed by atoms with Crippen LogP contribution in [0.25, 0.3) is 0 Å². The number of nitrogens with zero attached hydrogens (tertiary/aromatic N) is 4. The van der Waals surface area contributed by atoms with Crippen LogP contribution >= 0.6 is 0 Å². The van der Waals surface area contributed by atoms with Gasteiger partial charge in [-0.25, -0.2) is 9.80 Å². The average Bonchev–Trinajstić information content (AvgIpc) is 3.47. The zero-order chi connectivity index (χ0) is 27.5. The van der Waals surface area contributed by atoms with Gasteiger partial charge >= 0.3 is 6.03 Å². The predicted molar refractivity (Wildman–Crippen MR) is 161 cm³/mol. The van der Waals surface area contributed by atoms with Crippen molar-refractivity contribution in [2.75, 3.05) is 25.0 Å². The van der Waals surface area contributed by atoms with Crippen LogP contribution in [-0.2, 0) is 13.0 Å². The number of aliphatic imine (C=N–C) groups is 1. The Morgan fingerprint density at radius 3 is 2.48 bits per heavy atom. The highest BCUT2D eigenvalue weighted by molar-refractivity contribution is 6.14. The molecule has 3 aromatic rings. The lowest BCUT2D eigenvalue weighted by Gasteiger charge is -2.27. The molecule has 206 valence electrons. The molecule has 6 rings (SSSR count). The molecule has 0 aromatic heterocycles. The number of amidine groups is 1. The summed E-state index contributed by atoms with van der Waals surface area (Å²) in [5.41, 5.74) is 6.91. The van der Waals surface area contributed by atoms with Crippen LogP contribution in [0.2, 0.25) is 0 Å². The van der Waals surface area contributed by atoms with Crippen molar-refractivity contribution in [1.82, 2.24) is 10.3 Å². The largest absolute Gasteiger partial charge is 0.489 e. The van der Waals surface area contributed by atoms with Crippen molar-refractivity contribution >= 4 is 29.0 Å². The fourth-order valence-electron chi connectivity index (χ4n) is 5.91. The number of anilines is 2. The number of rotatable bonds is 7. The first-order valence-electron chi connectivity index (χ1n) is 14.4. The summed E-state index contributed by atoms with van der Waals surface area (Å²) in [7, 11) is 1.77. The molecule has 1 fully saturated rings. The van der Waals surface area contributed by atoms with Crippen LogP contribution in [0.3, 0.4) is 0 Å². The molecule has 2 amide bonds. The maximum Gasteiger partial charge on any atom is 0.349 e. The molecule has 40 heavy (non-hydrogen) atoms. The van der Waals surface area contributed by atoms with E-state index >= 15 is 0 Å². The highest BCUT2D eigenvalue weighted by Gasteiger charge is 2.33. The first-order valence-corrected chi connectivity index (χ1v) is 14.4. The Kier molecular flexibility index (Phi) is 7.53. The van der Waals surface area contributed by atoms with E-state index in [4.69, 9.17) is 9.84 Å². The van der Waals surface area contributed by atoms with Crippen molar-refractivity contribution in [2.24, 2.45) is 16.0 Å². The fourth-order valence-corrected chi connectivity index (χ4v) is 5.91. The van der Waals surface area contributed by atoms with Crippen molar-refractivity contribution in [3.8, 4) is 5.75 Å². The third-order valence-electron chi connectivity index (χ3n) is 8.07. The molecule has 1 N–H and O–H groups in total. The van der Waals surface area contributed by atoms with Gasteiger partial charge in [-0.2, -0.15) is 5.10 Å². The van der Waals surface area contributed by atoms with Gasteiger partial charge in [-0.05, 0) is 60.7 Å². The molecule has 0 bridgehead atoms. The Hall–Kier alpha value is -4.13. The molecule has 2 aliphatic heterocycles. The quantitative estimate of drug-likeness (QED) is 0.370. The van der Waals surface area contributed by atoms with Crippen molar-refractivity contribution in [2.45, 2.75) is 52.1 Å². The molecule has 1 saturated carbocycles. The summed E-state index contributed by atoms with van der Waals surface area (Å²) in [6.45, 7) is 4.27. The lowest BCUT2D eigenvalue weighted by molar-refractivity contribution is 0.220. The SMILES string of the molecule is Cc1cc2c(cc1OCc1ccccc1)C(C1CCCCC1)=NN(C)C(=O)N2c1ccc(CC2=NCCN2)cc1. The minimum Gasteiger partial charge on any atom is -0.489 e. The standard InChI is InChI=1S/C33H37N5O2/c1-23-19-29-28(21-30(23)40-22-25-9-5-3-6-10-25)32(26-11-7-4-8-12-26)36-37(2)33(39)38(29)27-15-13-24(14-16-27)20-31-34-17-18-35-31/h3,5-6,9-10,13-16,19,21,26H,4,7-8,11-12,17-18,20,22H2,1-2H3,(H,34,35). The van der Waals surface area contributed by atoms with Gasteiger partial charge in [-0.1, -0.05) is 61.7 Å². The number of hydrogen-bond donors (Lipinski definition) is 1. The number of hydrogen-bond acceptors (Lipinski definition) is 5. The smallest absolute Gasteiger partial charge is 0.349 e. The number of amides is 2. The van der Waals surface area contributed by atoms with Crippen molar-refractivity contribution < 1.29 is 9.53 Å². The van der Waals surface area contributed by atoms with Crippen molar-refractivity contribution in [1.29, 1.82) is 0 Å². The maximum absolute atomic E-state index is 13.9. The number of aryl methyl sites for hydroxylation is 1. The third-order valence-corrected chi connectivity index (χ3v) is 8.07. The lowest BCUT2D eigenvalue weighted by atomic mass is 9.82. The summed E-state index contributed by atoms with van der Waals surface area (Å²) in [6, 6.07) is 22.5. The number of ether oxygens (including phenoxy) is 1. The van der Waals surface area contributed by atoms with Gasteiger partial charge in [-0.3, -0.25) is 9.89 Å². The van der Waals surface area contributed by atoms with E-state index in [0.717, 1.165) is 83.3 Å². The van der Waals surface area contributed by atoms with Crippen molar-refractivity contribution in [3.05, 3.63) is 89.0 Å². The Bertz CT molecular complexity index is 1430. The normalized spacial score (nSPS) is 17.6. The molecule has 7 heteroatoms. The van der Waals surface area contributed by atoms with E-state index in [1.807, 2.05) is 37.3 Å². The zero-order valence-corrected chi connectivity index (χ0v) is 23.4. The van der Waals surface area contributed by atoms with E-state index in [1.54, 1.807) is 11.9 Å². The molecule has 3 aromatic carbocycles. The molecule has 0 spiro atoms. The Morgan fingerprint density at radius 1 is 0.975 bits per heavy atom. The van der Waals surface area contributed by atoms with Crippen LogP contribution in [0, 0.1) is 12.8 Å². The Morgan fingerprint density at radius 2 is 1.75 bits per heavy atom. The second-order valence-corrected chi connectivity index (χ2v) is 11.0. The highest BCUT2D eigenvalue weighted by Crippen LogP contribution is 2.40. The number of carbonyl (C=O) groups excluding carboxylic acids is 1. The van der Waals surface area contributed by atoms with Crippen LogP contribution in [0.15, 0.2) is 76.8 Å². The summed E-state index contributed by atoms with van der Waals surface area (Å²) in [5.74, 6) is 2.16. The monoisotopic (exact) mass is 535 g/mol. The number of nitrogens with one attached hydrogen (secondary N) is 1. The Labute approximate surface area is 236 Å². The van der Waals surface area contributed by atoms with E-state index in [-0.39, 0.29) is 6.03 Å². The topological polar surface area (TPSA) is 69.5 Å². The van der Waals surface area contributed by atoms with Gasteiger partial charge in [0, 0.05) is 31.5 Å². The predicted octanol–water partition coefficient (Wildman–Crippen LogP) is 6.61. The summed E-state index contributed by atoms with van der Waals surface area (Å²) >= 11 is 0.